The molecule has 0 N–H and O–H groups in total. The maximum atomic E-state index is 6.45. The van der Waals surface area contributed by atoms with Gasteiger partial charge in [0, 0.05) is 0 Å². The van der Waals surface area contributed by atoms with Crippen LogP contribution in [0, 0.1) is 0 Å². The largest absolute Gasteiger partial charge is 0.498 e. The molecule has 20 heavy (non-hydrogen) atoms. The second kappa shape index (κ2) is 6.99. The van der Waals surface area contributed by atoms with Crippen LogP contribution in [0.5, 0.6) is 0 Å². The van der Waals surface area contributed by atoms with Gasteiger partial charge in [-0.2, -0.15) is 0 Å². The van der Waals surface area contributed by atoms with Crippen molar-refractivity contribution in [3.05, 3.63) is 24.4 Å². The van der Waals surface area contributed by atoms with Crippen LogP contribution in [0.15, 0.2) is 24.4 Å². The van der Waals surface area contributed by atoms with Crippen molar-refractivity contribution >= 4 is 33.8 Å². The highest BCUT2D eigenvalue weighted by molar-refractivity contribution is 6.92. The highest BCUT2D eigenvalue weighted by Crippen LogP contribution is 2.26. The van der Waals surface area contributed by atoms with Gasteiger partial charge in [-0.25, -0.2) is 0 Å². The molecule has 0 fully saturated rings. The standard InChI is InChI=1S/C13H32O3Si4/c1-11-12-13-20(14-17(2,3)4,15-18(5,6)7)16-19(8,9)10/h11-13H,1H2,2-10H3. The molecule has 0 aliphatic rings. The smallest absolute Gasteiger partial charge is 0.414 e. The van der Waals surface area contributed by atoms with E-state index in [1.54, 1.807) is 6.08 Å². The van der Waals surface area contributed by atoms with Crippen molar-refractivity contribution in [2.24, 2.45) is 0 Å². The molecule has 0 radical (unpaired) electrons. The molecule has 7 heteroatoms. The molecule has 0 aromatic rings. The zero-order chi connectivity index (χ0) is 16.2. The minimum Gasteiger partial charge on any atom is -0.414 e. The highest BCUT2D eigenvalue weighted by Gasteiger charge is 2.48. The Bertz CT molecular complexity index is 307. The first-order valence-electron chi connectivity index (χ1n) is 7.09. The second-order valence-electron chi connectivity index (χ2n) is 7.84. The van der Waals surface area contributed by atoms with E-state index in [1.807, 2.05) is 11.8 Å². The van der Waals surface area contributed by atoms with E-state index >= 15 is 0 Å². The first-order valence-corrected chi connectivity index (χ1v) is 19.1. The van der Waals surface area contributed by atoms with Crippen molar-refractivity contribution in [2.45, 2.75) is 58.9 Å². The van der Waals surface area contributed by atoms with E-state index in [4.69, 9.17) is 12.3 Å². The zero-order valence-corrected chi connectivity index (χ0v) is 18.7. The lowest BCUT2D eigenvalue weighted by Crippen LogP contribution is -2.59. The minimum atomic E-state index is -2.79. The Balaban J connectivity index is 5.62. The molecule has 0 aliphatic heterocycles. The molecule has 0 aliphatic carbocycles. The van der Waals surface area contributed by atoms with E-state index in [0.29, 0.717) is 0 Å². The third-order valence-corrected chi connectivity index (χ3v) is 13.1. The molecule has 0 rings (SSSR count). The first-order chi connectivity index (χ1) is 8.68. The molecule has 0 amide bonds. The molecular formula is C13H32O3Si4. The summed E-state index contributed by atoms with van der Waals surface area (Å²) in [6, 6.07) is 0. The van der Waals surface area contributed by atoms with E-state index in [0.717, 1.165) is 0 Å². The van der Waals surface area contributed by atoms with Gasteiger partial charge in [0.25, 0.3) is 0 Å². The molecule has 118 valence electrons. The predicted molar refractivity (Wildman–Crippen MR) is 98.4 cm³/mol. The molecule has 0 bridgehead atoms. The maximum absolute atomic E-state index is 6.45. The van der Waals surface area contributed by atoms with Gasteiger partial charge in [-0.15, -0.1) is 0 Å². The summed E-state index contributed by atoms with van der Waals surface area (Å²) in [5.74, 6) is 0. The van der Waals surface area contributed by atoms with Crippen molar-refractivity contribution in [3.63, 3.8) is 0 Å². The first kappa shape index (κ1) is 20.2. The van der Waals surface area contributed by atoms with E-state index < -0.39 is 33.8 Å². The Morgan fingerprint density at radius 1 is 0.650 bits per heavy atom. The third-order valence-electron chi connectivity index (χ3n) is 1.78. The number of allylic oxidation sites excluding steroid dienone is 2. The van der Waals surface area contributed by atoms with Gasteiger partial charge >= 0.3 is 8.80 Å². The molecule has 0 aromatic heterocycles. The van der Waals surface area contributed by atoms with Gasteiger partial charge in [0.1, 0.15) is 0 Å². The maximum Gasteiger partial charge on any atom is 0.498 e. The molecule has 0 unspecified atom stereocenters. The van der Waals surface area contributed by atoms with Crippen LogP contribution in [0.3, 0.4) is 0 Å². The van der Waals surface area contributed by atoms with Gasteiger partial charge in [0.05, 0.1) is 0 Å². The Kier molecular flexibility index (Phi) is 7.07. The van der Waals surface area contributed by atoms with Gasteiger partial charge in [0.2, 0.25) is 0 Å². The summed E-state index contributed by atoms with van der Waals surface area (Å²) >= 11 is 0. The SMILES string of the molecule is C=CC=C[Si](O[Si](C)(C)C)(O[Si](C)(C)C)O[Si](C)(C)C. The fourth-order valence-electron chi connectivity index (χ4n) is 1.63. The molecule has 0 saturated carbocycles. The predicted octanol–water partition coefficient (Wildman–Crippen LogP) is 4.76. The van der Waals surface area contributed by atoms with Crippen LogP contribution in [0.25, 0.3) is 0 Å². The van der Waals surface area contributed by atoms with Crippen LogP contribution in [0.4, 0.5) is 0 Å². The van der Waals surface area contributed by atoms with E-state index in [1.165, 1.54) is 0 Å². The Hall–Kier alpha value is 0.228. The normalized spacial score (nSPS) is 14.8. The van der Waals surface area contributed by atoms with Crippen LogP contribution >= 0.6 is 0 Å². The van der Waals surface area contributed by atoms with Crippen LogP contribution in [0.2, 0.25) is 58.9 Å². The average Bonchev–Trinajstić information content (AvgIpc) is 2.05. The van der Waals surface area contributed by atoms with Crippen LogP contribution < -0.4 is 0 Å². The molecule has 0 spiro atoms. The average molecular weight is 349 g/mol. The molecule has 0 heterocycles. The van der Waals surface area contributed by atoms with E-state index in [2.05, 4.69) is 65.5 Å². The summed E-state index contributed by atoms with van der Waals surface area (Å²) in [7, 11) is -8.10. The van der Waals surface area contributed by atoms with Gasteiger partial charge in [-0.1, -0.05) is 18.7 Å². The molecule has 0 saturated heterocycles. The van der Waals surface area contributed by atoms with Crippen molar-refractivity contribution in [3.8, 4) is 0 Å². The number of rotatable bonds is 8. The summed E-state index contributed by atoms with van der Waals surface area (Å²) in [5, 5.41) is 0. The lowest BCUT2D eigenvalue weighted by atomic mass is 10.6. The Morgan fingerprint density at radius 2 is 0.950 bits per heavy atom. The number of hydrogen-bond acceptors (Lipinski definition) is 3. The highest BCUT2D eigenvalue weighted by atomic mass is 28.5. The van der Waals surface area contributed by atoms with Crippen LogP contribution in [-0.2, 0) is 12.3 Å². The van der Waals surface area contributed by atoms with Crippen molar-refractivity contribution in [2.75, 3.05) is 0 Å². The zero-order valence-electron chi connectivity index (χ0n) is 14.7. The third kappa shape index (κ3) is 10.0. The molecule has 0 aromatic carbocycles. The molecule has 3 nitrogen and oxygen atoms in total. The van der Waals surface area contributed by atoms with Gasteiger partial charge in [-0.3, -0.25) is 0 Å². The fraction of sp³-hybridized carbons (Fsp3) is 0.692. The molecule has 0 atom stereocenters. The fourth-order valence-corrected chi connectivity index (χ4v) is 14.7. The van der Waals surface area contributed by atoms with Gasteiger partial charge in [-0.05, 0) is 64.6 Å². The van der Waals surface area contributed by atoms with Crippen molar-refractivity contribution in [1.82, 2.24) is 0 Å². The molecular weight excluding hydrogens is 316 g/mol. The van der Waals surface area contributed by atoms with Crippen molar-refractivity contribution in [1.29, 1.82) is 0 Å². The number of hydrogen-bond donors (Lipinski definition) is 0. The topological polar surface area (TPSA) is 27.7 Å². The minimum absolute atomic E-state index is 1.76. The summed E-state index contributed by atoms with van der Waals surface area (Å²) in [6.07, 6.45) is 3.67. The summed E-state index contributed by atoms with van der Waals surface area (Å²) in [5.41, 5.74) is 2.01. The van der Waals surface area contributed by atoms with Gasteiger partial charge < -0.3 is 12.3 Å². The van der Waals surface area contributed by atoms with Crippen molar-refractivity contribution < 1.29 is 12.3 Å². The Labute approximate surface area is 129 Å². The monoisotopic (exact) mass is 348 g/mol. The lowest BCUT2D eigenvalue weighted by Gasteiger charge is -2.41. The second-order valence-corrected chi connectivity index (χ2v) is 24.5. The van der Waals surface area contributed by atoms with E-state index in [9.17, 15) is 0 Å². The van der Waals surface area contributed by atoms with Crippen LogP contribution in [0.1, 0.15) is 0 Å². The van der Waals surface area contributed by atoms with Crippen LogP contribution in [-0.4, -0.2) is 33.8 Å². The van der Waals surface area contributed by atoms with E-state index in [-0.39, 0.29) is 0 Å². The lowest BCUT2D eigenvalue weighted by molar-refractivity contribution is 0.271. The summed E-state index contributed by atoms with van der Waals surface area (Å²) in [4.78, 5) is 0. The van der Waals surface area contributed by atoms with Gasteiger partial charge in [0.15, 0.2) is 25.0 Å². The summed E-state index contributed by atoms with van der Waals surface area (Å²) in [6.45, 7) is 23.4. The quantitative estimate of drug-likeness (QED) is 0.467. The summed E-state index contributed by atoms with van der Waals surface area (Å²) < 4.78 is 19.3. The Morgan fingerprint density at radius 3 is 1.15 bits per heavy atom.